The number of aliphatic hydroxyl groups excluding tert-OH is 2. The molecule has 2 heterocycles. The van der Waals surface area contributed by atoms with Crippen LogP contribution in [0.2, 0.25) is 0 Å². The van der Waals surface area contributed by atoms with Gasteiger partial charge in [-0.1, -0.05) is 78.9 Å². The highest BCUT2D eigenvalue weighted by Crippen LogP contribution is 2.19. The topological polar surface area (TPSA) is 129 Å². The van der Waals surface area contributed by atoms with E-state index < -0.39 is 34.2 Å². The third-order valence-electron chi connectivity index (χ3n) is 7.70. The quantitative estimate of drug-likeness (QED) is 0.296. The van der Waals surface area contributed by atoms with Crippen molar-refractivity contribution < 1.29 is 32.9 Å². The minimum atomic E-state index is -3.67. The van der Waals surface area contributed by atoms with E-state index in [4.69, 9.17) is 9.47 Å². The molecule has 0 saturated carbocycles. The van der Waals surface area contributed by atoms with Crippen LogP contribution in [-0.2, 0) is 32.3 Å². The summed E-state index contributed by atoms with van der Waals surface area (Å²) in [5, 5.41) is 26.5. The van der Waals surface area contributed by atoms with Crippen molar-refractivity contribution in [1.29, 1.82) is 0 Å². The summed E-state index contributed by atoms with van der Waals surface area (Å²) >= 11 is 0. The van der Waals surface area contributed by atoms with Crippen LogP contribution >= 0.6 is 0 Å². The van der Waals surface area contributed by atoms with Gasteiger partial charge < -0.3 is 29.9 Å². The highest BCUT2D eigenvalue weighted by molar-refractivity contribution is 7.92. The minimum Gasteiger partial charge on any atom is -0.388 e. The van der Waals surface area contributed by atoms with Gasteiger partial charge in [0.05, 0.1) is 44.7 Å². The number of carbonyl (C=O) groups excluding carboxylic acids is 1. The Morgan fingerprint density at radius 2 is 1.37 bits per heavy atom. The molecular weight excluding hydrogens is 570 g/mol. The number of ether oxygens (including phenoxy) is 2. The van der Waals surface area contributed by atoms with Gasteiger partial charge in [-0.05, 0) is 30.4 Å². The van der Waals surface area contributed by atoms with Crippen molar-refractivity contribution in [2.45, 2.75) is 37.5 Å². The summed E-state index contributed by atoms with van der Waals surface area (Å²) in [6.07, 6.45) is 3.85. The third kappa shape index (κ3) is 10.6. The lowest BCUT2D eigenvalue weighted by Gasteiger charge is -2.30. The molecule has 234 valence electrons. The van der Waals surface area contributed by atoms with Crippen molar-refractivity contribution in [3.8, 4) is 0 Å². The standard InChI is InChI=1S/C32H43N3O7S/c36-30(28(12-11-26-7-3-1-4-8-26)15-24-43(39,40)35-18-22-42-23-19-35)13-14-31(37)29(25-27-9-5-2-6-10-27)33-32(38)34-16-20-41-21-17-34/h1-10,13-15,24,28-31,36-37H,11-12,16-23,25H2,(H,33,38)/b14-13+,24-15+. The van der Waals surface area contributed by atoms with Gasteiger partial charge in [-0.25, -0.2) is 13.2 Å². The van der Waals surface area contributed by atoms with E-state index in [9.17, 15) is 23.4 Å². The van der Waals surface area contributed by atoms with Crippen LogP contribution in [0.3, 0.4) is 0 Å². The van der Waals surface area contributed by atoms with Gasteiger partial charge in [0, 0.05) is 37.5 Å². The molecule has 0 spiro atoms. The van der Waals surface area contributed by atoms with E-state index in [1.165, 1.54) is 27.9 Å². The van der Waals surface area contributed by atoms with Gasteiger partial charge in [-0.2, -0.15) is 4.31 Å². The number of sulfonamides is 1. The maximum atomic E-state index is 13.0. The smallest absolute Gasteiger partial charge is 0.317 e. The Hall–Kier alpha value is -3.06. The number of aliphatic hydroxyl groups is 2. The number of carbonyl (C=O) groups is 1. The molecule has 4 unspecified atom stereocenters. The van der Waals surface area contributed by atoms with Gasteiger partial charge in [0.2, 0.25) is 10.0 Å². The number of nitrogens with zero attached hydrogens (tertiary/aromatic N) is 2. The molecule has 2 aliphatic heterocycles. The summed E-state index contributed by atoms with van der Waals surface area (Å²) in [5.74, 6) is -0.532. The van der Waals surface area contributed by atoms with Gasteiger partial charge in [-0.3, -0.25) is 0 Å². The molecule has 2 amide bonds. The van der Waals surface area contributed by atoms with E-state index in [1.807, 2.05) is 60.7 Å². The third-order valence-corrected chi connectivity index (χ3v) is 9.28. The maximum Gasteiger partial charge on any atom is 0.317 e. The monoisotopic (exact) mass is 613 g/mol. The van der Waals surface area contributed by atoms with Crippen LogP contribution in [0, 0.1) is 5.92 Å². The van der Waals surface area contributed by atoms with Gasteiger partial charge in [0.15, 0.2) is 0 Å². The van der Waals surface area contributed by atoms with Crippen LogP contribution in [0.1, 0.15) is 17.5 Å². The number of aryl methyl sites for hydroxylation is 1. The summed E-state index contributed by atoms with van der Waals surface area (Å²) in [6, 6.07) is 18.4. The Bertz CT molecular complexity index is 1280. The number of benzene rings is 2. The molecule has 3 N–H and O–H groups in total. The second-order valence-corrected chi connectivity index (χ2v) is 12.6. The summed E-state index contributed by atoms with van der Waals surface area (Å²) in [4.78, 5) is 14.6. The van der Waals surface area contributed by atoms with Crippen molar-refractivity contribution in [3.05, 3.63) is 95.4 Å². The summed E-state index contributed by atoms with van der Waals surface area (Å²) in [5.41, 5.74) is 2.02. The van der Waals surface area contributed by atoms with E-state index in [0.717, 1.165) is 11.1 Å². The van der Waals surface area contributed by atoms with Gasteiger partial charge in [0.25, 0.3) is 0 Å². The van der Waals surface area contributed by atoms with Crippen LogP contribution in [0.4, 0.5) is 4.79 Å². The molecule has 0 aliphatic carbocycles. The van der Waals surface area contributed by atoms with Crippen LogP contribution < -0.4 is 5.32 Å². The van der Waals surface area contributed by atoms with E-state index >= 15 is 0 Å². The molecule has 43 heavy (non-hydrogen) atoms. The Morgan fingerprint density at radius 3 is 2.00 bits per heavy atom. The molecule has 2 fully saturated rings. The molecule has 2 saturated heterocycles. The van der Waals surface area contributed by atoms with Crippen molar-refractivity contribution in [2.75, 3.05) is 52.6 Å². The Balaban J connectivity index is 1.48. The number of nitrogens with one attached hydrogen (secondary N) is 1. The zero-order chi connectivity index (χ0) is 30.5. The molecule has 0 bridgehead atoms. The lowest BCUT2D eigenvalue weighted by molar-refractivity contribution is 0.0508. The largest absolute Gasteiger partial charge is 0.388 e. The van der Waals surface area contributed by atoms with Gasteiger partial charge >= 0.3 is 6.03 Å². The van der Waals surface area contributed by atoms with Gasteiger partial charge in [0.1, 0.15) is 0 Å². The Kier molecular flexibility index (Phi) is 12.8. The van der Waals surface area contributed by atoms with Crippen molar-refractivity contribution in [2.24, 2.45) is 5.92 Å². The fourth-order valence-electron chi connectivity index (χ4n) is 5.09. The highest BCUT2D eigenvalue weighted by Gasteiger charge is 2.26. The van der Waals surface area contributed by atoms with Crippen molar-refractivity contribution in [3.63, 3.8) is 0 Å². The fraction of sp³-hybridized carbons (Fsp3) is 0.469. The molecule has 0 radical (unpaired) electrons. The van der Waals surface area contributed by atoms with Crippen molar-refractivity contribution >= 4 is 16.1 Å². The molecule has 2 aromatic rings. The SMILES string of the molecule is O=C(NC(Cc1ccccc1)C(O)/C=C/C(O)C(/C=C/S(=O)(=O)N1CCOCC1)CCc1ccccc1)N1CCOCC1. The Morgan fingerprint density at radius 1 is 0.814 bits per heavy atom. The van der Waals surface area contributed by atoms with Gasteiger partial charge in [-0.15, -0.1) is 0 Å². The average molecular weight is 614 g/mol. The lowest BCUT2D eigenvalue weighted by Crippen LogP contribution is -2.52. The van der Waals surface area contributed by atoms with E-state index in [0.29, 0.717) is 58.8 Å². The second-order valence-electron chi connectivity index (χ2n) is 10.8. The predicted molar refractivity (Wildman–Crippen MR) is 165 cm³/mol. The fourth-order valence-corrected chi connectivity index (χ4v) is 6.32. The number of rotatable bonds is 13. The van der Waals surface area contributed by atoms with Crippen LogP contribution in [0.25, 0.3) is 0 Å². The first-order chi connectivity index (χ1) is 20.8. The van der Waals surface area contributed by atoms with E-state index in [1.54, 1.807) is 4.90 Å². The lowest BCUT2D eigenvalue weighted by atomic mass is 9.93. The molecule has 0 aromatic heterocycles. The number of urea groups is 1. The first-order valence-electron chi connectivity index (χ1n) is 14.8. The number of amides is 2. The molecule has 2 aromatic carbocycles. The molecule has 4 atom stereocenters. The first kappa shape index (κ1) is 32.8. The maximum absolute atomic E-state index is 13.0. The first-order valence-corrected chi connectivity index (χ1v) is 16.3. The second kappa shape index (κ2) is 16.7. The molecule has 10 nitrogen and oxygen atoms in total. The van der Waals surface area contributed by atoms with Crippen LogP contribution in [-0.4, -0.2) is 105 Å². The minimum absolute atomic E-state index is 0.283. The molecule has 11 heteroatoms. The predicted octanol–water partition coefficient (Wildman–Crippen LogP) is 2.34. The normalized spacial score (nSPS) is 19.7. The van der Waals surface area contributed by atoms with Crippen LogP contribution in [0.5, 0.6) is 0 Å². The zero-order valence-corrected chi connectivity index (χ0v) is 25.2. The van der Waals surface area contributed by atoms with Crippen molar-refractivity contribution in [1.82, 2.24) is 14.5 Å². The zero-order valence-electron chi connectivity index (χ0n) is 24.4. The van der Waals surface area contributed by atoms with Crippen LogP contribution in [0.15, 0.2) is 84.3 Å². The number of morpholine rings is 2. The number of hydrogen-bond acceptors (Lipinski definition) is 7. The van der Waals surface area contributed by atoms with E-state index in [2.05, 4.69) is 5.32 Å². The summed E-state index contributed by atoms with van der Waals surface area (Å²) in [6.45, 7) is 3.13. The summed E-state index contributed by atoms with van der Waals surface area (Å²) < 4.78 is 37.9. The Labute approximate surface area is 254 Å². The summed E-state index contributed by atoms with van der Waals surface area (Å²) in [7, 11) is -3.67. The van der Waals surface area contributed by atoms with E-state index in [-0.39, 0.29) is 19.1 Å². The molecule has 4 rings (SSSR count). The molecule has 2 aliphatic rings. The highest BCUT2D eigenvalue weighted by atomic mass is 32.2. The number of hydrogen-bond donors (Lipinski definition) is 3. The molecular formula is C32H43N3O7S. The average Bonchev–Trinajstić information content (AvgIpc) is 3.05.